The molecule has 0 aliphatic rings. The van der Waals surface area contributed by atoms with Crippen LogP contribution in [-0.4, -0.2) is 73.4 Å². The Kier molecular flexibility index (Phi) is 41.7. The van der Waals surface area contributed by atoms with E-state index in [-0.39, 0.29) is 19.1 Å². The molecule has 0 spiro atoms. The largest absolute Gasteiger partial charge is 0.472 e. The molecule has 3 atom stereocenters. The normalized spacial score (nSPS) is 14.8. The molecule has 0 aliphatic heterocycles. The maximum atomic E-state index is 12.7. The topological polar surface area (TPSA) is 105 Å². The maximum Gasteiger partial charge on any atom is 0.472 e. The van der Waals surface area contributed by atoms with Gasteiger partial charge in [-0.2, -0.15) is 0 Å². The predicted octanol–water partition coefficient (Wildman–Crippen LogP) is 14.4. The van der Waals surface area contributed by atoms with Gasteiger partial charge in [-0.05, 0) is 57.8 Å². The van der Waals surface area contributed by atoms with Crippen LogP contribution in [0.3, 0.4) is 0 Å². The van der Waals surface area contributed by atoms with Crippen LogP contribution in [0.1, 0.15) is 200 Å². The highest BCUT2D eigenvalue weighted by Gasteiger charge is 2.27. The second kappa shape index (κ2) is 43.2. The van der Waals surface area contributed by atoms with Gasteiger partial charge >= 0.3 is 7.82 Å². The molecule has 0 aromatic carbocycles. The van der Waals surface area contributed by atoms with E-state index >= 15 is 0 Å². The van der Waals surface area contributed by atoms with Crippen molar-refractivity contribution in [1.29, 1.82) is 0 Å². The molecular formula is C52H96N2O6P+. The number of nitrogens with one attached hydrogen (secondary N) is 1. The summed E-state index contributed by atoms with van der Waals surface area (Å²) in [5.74, 6) is -0.187. The Balaban J connectivity index is 3.77. The quantitative estimate of drug-likeness (QED) is 0.0244. The molecule has 61 heavy (non-hydrogen) atoms. The number of rotatable bonds is 44. The summed E-state index contributed by atoms with van der Waals surface area (Å²) >= 11 is 0. The van der Waals surface area contributed by atoms with Gasteiger partial charge in [0.1, 0.15) is 13.2 Å². The molecule has 0 bridgehead atoms. The Hall–Kier alpha value is -2.06. The van der Waals surface area contributed by atoms with Gasteiger partial charge in [-0.1, -0.05) is 209 Å². The first-order valence-electron chi connectivity index (χ1n) is 24.8. The highest BCUT2D eigenvalue weighted by atomic mass is 31.2. The Morgan fingerprint density at radius 3 is 1.43 bits per heavy atom. The highest BCUT2D eigenvalue weighted by Crippen LogP contribution is 2.43. The molecule has 8 nitrogen and oxygen atoms in total. The summed E-state index contributed by atoms with van der Waals surface area (Å²) in [6, 6.07) is -0.842. The first-order valence-corrected chi connectivity index (χ1v) is 26.3. The summed E-state index contributed by atoms with van der Waals surface area (Å²) in [5.41, 5.74) is 0. The Bertz CT molecular complexity index is 1220. The van der Waals surface area contributed by atoms with Crippen LogP contribution in [-0.2, 0) is 18.4 Å². The van der Waals surface area contributed by atoms with E-state index in [9.17, 15) is 19.4 Å². The molecule has 0 fully saturated rings. The average Bonchev–Trinajstić information content (AvgIpc) is 3.21. The van der Waals surface area contributed by atoms with Crippen molar-refractivity contribution in [2.75, 3.05) is 40.9 Å². The van der Waals surface area contributed by atoms with Crippen molar-refractivity contribution in [3.63, 3.8) is 0 Å². The fraction of sp³-hybridized carbons (Fsp3) is 0.750. The van der Waals surface area contributed by atoms with E-state index in [0.717, 1.165) is 70.6 Å². The molecule has 0 radical (unpaired) electrons. The standard InChI is InChI=1S/C52H95N2O6P/c1-6-8-10-12-13-14-15-16-17-18-19-20-21-22-23-24-25-26-27-28-29-30-31-32-33-34-35-36-37-38-39-40-41-42-44-46-52(56)53-50(51(55)45-43-11-9-7-2)49-60-61(57,58)59-48-47-54(3,4)5/h8,10,13-14,16-17,19-20,22-23,43,45,50-51,55H,6-7,9,11-12,15,18,21,24-42,44,46-49H2,1-5H3,(H-,53,56,57,58)/p+1/b10-8-,14-13-,17-16-,20-19-,23-22-,45-43+. The number of allylic oxidation sites excluding steroid dienone is 11. The van der Waals surface area contributed by atoms with E-state index in [2.05, 4.69) is 79.9 Å². The summed E-state index contributed by atoms with van der Waals surface area (Å²) in [5, 5.41) is 13.6. The first kappa shape index (κ1) is 58.9. The third kappa shape index (κ3) is 45.8. The molecule has 0 aromatic rings. The van der Waals surface area contributed by atoms with Gasteiger partial charge < -0.3 is 19.8 Å². The molecule has 9 heteroatoms. The second-order valence-electron chi connectivity index (χ2n) is 17.8. The van der Waals surface area contributed by atoms with E-state index < -0.39 is 20.0 Å². The molecule has 0 aromatic heterocycles. The predicted molar refractivity (Wildman–Crippen MR) is 263 cm³/mol. The minimum absolute atomic E-state index is 0.0591. The number of nitrogens with zero attached hydrogens (tertiary/aromatic N) is 1. The summed E-state index contributed by atoms with van der Waals surface area (Å²) in [7, 11) is 1.56. The SMILES string of the molecule is CC/C=C\C/C=C\C/C=C\C/C=C\C/C=C\CCCCCCCCCCCCCCCCCCCCCC(=O)NC(COP(=O)(O)OCC[N+](C)(C)C)C(O)/C=C/CCCC. The molecule has 3 N–H and O–H groups in total. The van der Waals surface area contributed by atoms with Crippen LogP contribution in [0.2, 0.25) is 0 Å². The third-order valence-electron chi connectivity index (χ3n) is 10.7. The van der Waals surface area contributed by atoms with Gasteiger partial charge in [0.15, 0.2) is 0 Å². The lowest BCUT2D eigenvalue weighted by atomic mass is 10.0. The Morgan fingerprint density at radius 2 is 0.984 bits per heavy atom. The molecule has 354 valence electrons. The van der Waals surface area contributed by atoms with Crippen LogP contribution in [0.4, 0.5) is 0 Å². The fourth-order valence-corrected chi connectivity index (χ4v) is 7.50. The van der Waals surface area contributed by atoms with Gasteiger partial charge in [0.25, 0.3) is 0 Å². The van der Waals surface area contributed by atoms with Crippen LogP contribution >= 0.6 is 7.82 Å². The third-order valence-corrected chi connectivity index (χ3v) is 11.7. The number of unbranched alkanes of at least 4 members (excludes halogenated alkanes) is 21. The number of quaternary nitrogens is 1. The van der Waals surface area contributed by atoms with Crippen molar-refractivity contribution in [1.82, 2.24) is 5.32 Å². The summed E-state index contributed by atoms with van der Waals surface area (Å²) < 4.78 is 23.3. The fourth-order valence-electron chi connectivity index (χ4n) is 6.76. The lowest BCUT2D eigenvalue weighted by molar-refractivity contribution is -0.870. The lowest BCUT2D eigenvalue weighted by Gasteiger charge is -2.25. The van der Waals surface area contributed by atoms with Crippen molar-refractivity contribution in [3.05, 3.63) is 72.9 Å². The number of carbonyl (C=O) groups excluding carboxylic acids is 1. The molecule has 3 unspecified atom stereocenters. The van der Waals surface area contributed by atoms with Gasteiger partial charge in [0.2, 0.25) is 5.91 Å². The number of hydrogen-bond donors (Lipinski definition) is 3. The molecule has 0 saturated carbocycles. The number of phosphoric ester groups is 1. The molecule has 0 rings (SSSR count). The van der Waals surface area contributed by atoms with Gasteiger partial charge in [-0.3, -0.25) is 13.8 Å². The van der Waals surface area contributed by atoms with Crippen molar-refractivity contribution in [2.45, 2.75) is 212 Å². The zero-order valence-electron chi connectivity index (χ0n) is 40.1. The summed E-state index contributed by atoms with van der Waals surface area (Å²) in [4.78, 5) is 22.9. The number of carbonyl (C=O) groups is 1. The van der Waals surface area contributed by atoms with Crippen LogP contribution < -0.4 is 5.32 Å². The zero-order chi connectivity index (χ0) is 45.0. The van der Waals surface area contributed by atoms with E-state index in [1.807, 2.05) is 27.2 Å². The van der Waals surface area contributed by atoms with Crippen molar-refractivity contribution in [3.8, 4) is 0 Å². The van der Waals surface area contributed by atoms with Gasteiger partial charge in [0.05, 0.1) is 39.9 Å². The number of aliphatic hydroxyl groups excluding tert-OH is 1. The van der Waals surface area contributed by atoms with Gasteiger partial charge in [-0.25, -0.2) is 4.57 Å². The number of likely N-dealkylation sites (N-methyl/N-ethyl adjacent to an activating group) is 1. The number of aliphatic hydroxyl groups is 1. The molecule has 1 amide bonds. The number of hydrogen-bond acceptors (Lipinski definition) is 5. The molecule has 0 saturated heterocycles. The average molecular weight is 876 g/mol. The Labute approximate surface area is 376 Å². The number of amides is 1. The Morgan fingerprint density at radius 1 is 0.574 bits per heavy atom. The van der Waals surface area contributed by atoms with Gasteiger partial charge in [0, 0.05) is 6.42 Å². The van der Waals surface area contributed by atoms with E-state index in [4.69, 9.17) is 9.05 Å². The van der Waals surface area contributed by atoms with Crippen LogP contribution in [0.15, 0.2) is 72.9 Å². The smallest absolute Gasteiger partial charge is 0.387 e. The molecule has 0 heterocycles. The molecule has 0 aliphatic carbocycles. The maximum absolute atomic E-state index is 12.7. The van der Waals surface area contributed by atoms with Crippen LogP contribution in [0, 0.1) is 0 Å². The van der Waals surface area contributed by atoms with Gasteiger partial charge in [-0.15, -0.1) is 0 Å². The lowest BCUT2D eigenvalue weighted by Crippen LogP contribution is -2.45. The number of phosphoric acid groups is 1. The van der Waals surface area contributed by atoms with E-state index in [1.54, 1.807) is 6.08 Å². The van der Waals surface area contributed by atoms with Crippen LogP contribution in [0.25, 0.3) is 0 Å². The summed E-state index contributed by atoms with van der Waals surface area (Å²) in [6.45, 7) is 4.54. The monoisotopic (exact) mass is 876 g/mol. The van der Waals surface area contributed by atoms with Crippen molar-refractivity contribution in [2.24, 2.45) is 0 Å². The zero-order valence-corrected chi connectivity index (χ0v) is 41.0. The van der Waals surface area contributed by atoms with Crippen molar-refractivity contribution < 1.29 is 32.9 Å². The minimum Gasteiger partial charge on any atom is -0.387 e. The van der Waals surface area contributed by atoms with E-state index in [0.29, 0.717) is 17.4 Å². The van der Waals surface area contributed by atoms with Crippen molar-refractivity contribution >= 4 is 13.7 Å². The molecular weight excluding hydrogens is 780 g/mol. The van der Waals surface area contributed by atoms with Crippen LogP contribution in [0.5, 0.6) is 0 Å². The second-order valence-corrected chi connectivity index (χ2v) is 19.3. The highest BCUT2D eigenvalue weighted by molar-refractivity contribution is 7.47. The first-order chi connectivity index (χ1) is 29.5. The van der Waals surface area contributed by atoms with E-state index in [1.165, 1.54) is 109 Å². The minimum atomic E-state index is -4.32. The summed E-state index contributed by atoms with van der Waals surface area (Å²) in [6.07, 6.45) is 59.3.